The van der Waals surface area contributed by atoms with Crippen molar-refractivity contribution >= 4 is 23.9 Å². The first-order valence-electron chi connectivity index (χ1n) is 4.42. The van der Waals surface area contributed by atoms with Crippen LogP contribution < -0.4 is 0 Å². The van der Waals surface area contributed by atoms with Gasteiger partial charge in [-0.15, -0.1) is 0 Å². The highest BCUT2D eigenvalue weighted by Gasteiger charge is 2.35. The van der Waals surface area contributed by atoms with Gasteiger partial charge in [0.05, 0.1) is 12.8 Å². The van der Waals surface area contributed by atoms with Crippen LogP contribution in [0.3, 0.4) is 0 Å². The number of aliphatic carboxylic acids is 4. The van der Waals surface area contributed by atoms with Gasteiger partial charge in [0.25, 0.3) is 0 Å². The molecule has 98 valence electrons. The van der Waals surface area contributed by atoms with Crippen LogP contribution in [0.4, 0.5) is 0 Å². The van der Waals surface area contributed by atoms with Gasteiger partial charge >= 0.3 is 23.9 Å². The number of carbonyl (C=O) groups is 4. The van der Waals surface area contributed by atoms with Gasteiger partial charge in [0, 0.05) is 0 Å². The lowest BCUT2D eigenvalue weighted by molar-refractivity contribution is -0.161. The molecule has 0 saturated carbocycles. The van der Waals surface area contributed by atoms with Crippen LogP contribution in [0, 0.1) is 5.41 Å². The standard InChI is InChI=1S/C5H8O4.C4H6O4/c1-5(2,3(6)7)4(8)9;5-3(6)1-2-4(7)8/h1-2H3,(H,6,7)(H,8,9);1-2H2,(H,5,6)(H,7,8). The highest BCUT2D eigenvalue weighted by Crippen LogP contribution is 2.14. The maximum absolute atomic E-state index is 10.1. The second-order valence-electron chi connectivity index (χ2n) is 3.52. The van der Waals surface area contributed by atoms with E-state index in [1.165, 1.54) is 0 Å². The van der Waals surface area contributed by atoms with E-state index >= 15 is 0 Å². The zero-order valence-electron chi connectivity index (χ0n) is 9.34. The Bertz CT molecular complexity index is 287. The van der Waals surface area contributed by atoms with Crippen molar-refractivity contribution in [1.29, 1.82) is 0 Å². The first kappa shape index (κ1) is 17.3. The van der Waals surface area contributed by atoms with Crippen molar-refractivity contribution in [2.24, 2.45) is 5.41 Å². The Morgan fingerprint density at radius 2 is 1.00 bits per heavy atom. The smallest absolute Gasteiger partial charge is 0.320 e. The van der Waals surface area contributed by atoms with Crippen molar-refractivity contribution in [2.45, 2.75) is 26.7 Å². The second kappa shape index (κ2) is 7.20. The number of carboxylic acid groups (broad SMARTS) is 4. The van der Waals surface area contributed by atoms with Crippen LogP contribution in [-0.2, 0) is 19.2 Å². The Morgan fingerprint density at radius 3 is 1.06 bits per heavy atom. The minimum atomic E-state index is -1.67. The molecule has 0 amide bonds. The van der Waals surface area contributed by atoms with Crippen LogP contribution in [0.5, 0.6) is 0 Å². The SMILES string of the molecule is CC(C)(C(=O)O)C(=O)O.O=C(O)CCC(=O)O. The van der Waals surface area contributed by atoms with Gasteiger partial charge in [-0.1, -0.05) is 0 Å². The highest BCUT2D eigenvalue weighted by molar-refractivity contribution is 5.97. The lowest BCUT2D eigenvalue weighted by Gasteiger charge is -2.10. The van der Waals surface area contributed by atoms with E-state index in [1.807, 2.05) is 0 Å². The summed E-state index contributed by atoms with van der Waals surface area (Å²) >= 11 is 0. The number of hydrogen-bond acceptors (Lipinski definition) is 4. The zero-order valence-corrected chi connectivity index (χ0v) is 9.34. The summed E-state index contributed by atoms with van der Waals surface area (Å²) in [5.74, 6) is -4.80. The van der Waals surface area contributed by atoms with Crippen molar-refractivity contribution in [3.8, 4) is 0 Å². The predicted molar refractivity (Wildman–Crippen MR) is 53.6 cm³/mol. The first-order chi connectivity index (χ1) is 7.51. The maximum atomic E-state index is 10.1. The first-order valence-corrected chi connectivity index (χ1v) is 4.42. The molecule has 0 aromatic carbocycles. The highest BCUT2D eigenvalue weighted by atomic mass is 16.4. The van der Waals surface area contributed by atoms with E-state index in [-0.39, 0.29) is 12.8 Å². The summed E-state index contributed by atoms with van der Waals surface area (Å²) in [6.07, 6.45) is -0.593. The fourth-order valence-corrected chi connectivity index (χ4v) is 0.305. The summed E-state index contributed by atoms with van der Waals surface area (Å²) < 4.78 is 0. The molecule has 8 heteroatoms. The summed E-state index contributed by atoms with van der Waals surface area (Å²) in [6, 6.07) is 0. The average molecular weight is 250 g/mol. The molecule has 0 aliphatic carbocycles. The van der Waals surface area contributed by atoms with E-state index in [4.69, 9.17) is 20.4 Å². The fourth-order valence-electron chi connectivity index (χ4n) is 0.305. The molecule has 0 aliphatic rings. The minimum absolute atomic E-state index is 0.296. The van der Waals surface area contributed by atoms with E-state index in [2.05, 4.69) is 0 Å². The molecule has 4 N–H and O–H groups in total. The lowest BCUT2D eigenvalue weighted by atomic mass is 9.95. The van der Waals surface area contributed by atoms with Gasteiger partial charge in [-0.3, -0.25) is 19.2 Å². The molecule has 0 rings (SSSR count). The molecule has 0 aromatic heterocycles. The summed E-state index contributed by atoms with van der Waals surface area (Å²) in [5.41, 5.74) is -1.67. The van der Waals surface area contributed by atoms with Crippen molar-refractivity contribution in [3.05, 3.63) is 0 Å². The van der Waals surface area contributed by atoms with Gasteiger partial charge in [0.2, 0.25) is 0 Å². The van der Waals surface area contributed by atoms with Crippen LogP contribution in [0.25, 0.3) is 0 Å². The summed E-state index contributed by atoms with van der Waals surface area (Å²) in [4.78, 5) is 39.4. The number of hydrogen-bond donors (Lipinski definition) is 4. The second-order valence-corrected chi connectivity index (χ2v) is 3.52. The third-order valence-electron chi connectivity index (χ3n) is 1.62. The molecule has 0 radical (unpaired) electrons. The fraction of sp³-hybridized carbons (Fsp3) is 0.556. The van der Waals surface area contributed by atoms with Crippen molar-refractivity contribution < 1.29 is 39.6 Å². The van der Waals surface area contributed by atoms with Gasteiger partial charge in [-0.25, -0.2) is 0 Å². The van der Waals surface area contributed by atoms with E-state index in [1.54, 1.807) is 0 Å². The molecule has 0 aliphatic heterocycles. The summed E-state index contributed by atoms with van der Waals surface area (Å²) in [7, 11) is 0. The Labute approximate surface area is 96.5 Å². The lowest BCUT2D eigenvalue weighted by Crippen LogP contribution is -2.32. The van der Waals surface area contributed by atoms with Crippen LogP contribution in [0.2, 0.25) is 0 Å². The van der Waals surface area contributed by atoms with Gasteiger partial charge in [-0.2, -0.15) is 0 Å². The average Bonchev–Trinajstić information content (AvgIpc) is 2.15. The van der Waals surface area contributed by atoms with Gasteiger partial charge in [0.15, 0.2) is 5.41 Å². The molecule has 17 heavy (non-hydrogen) atoms. The Hall–Kier alpha value is -2.12. The van der Waals surface area contributed by atoms with Crippen LogP contribution in [0.1, 0.15) is 26.7 Å². The van der Waals surface area contributed by atoms with E-state index in [0.717, 1.165) is 13.8 Å². The third-order valence-corrected chi connectivity index (χ3v) is 1.62. The van der Waals surface area contributed by atoms with Crippen molar-refractivity contribution in [1.82, 2.24) is 0 Å². The number of carboxylic acids is 4. The molecule has 0 fully saturated rings. The molecular weight excluding hydrogens is 236 g/mol. The largest absolute Gasteiger partial charge is 0.481 e. The molecule has 0 aromatic rings. The minimum Gasteiger partial charge on any atom is -0.481 e. The Morgan fingerprint density at radius 1 is 0.765 bits per heavy atom. The molecule has 0 atom stereocenters. The van der Waals surface area contributed by atoms with Crippen LogP contribution in [0.15, 0.2) is 0 Å². The molecule has 0 bridgehead atoms. The van der Waals surface area contributed by atoms with E-state index in [0.29, 0.717) is 0 Å². The third kappa shape index (κ3) is 8.85. The van der Waals surface area contributed by atoms with Crippen molar-refractivity contribution in [2.75, 3.05) is 0 Å². The molecule has 0 unspecified atom stereocenters. The van der Waals surface area contributed by atoms with E-state index in [9.17, 15) is 19.2 Å². The molecule has 0 saturated heterocycles. The van der Waals surface area contributed by atoms with Crippen LogP contribution in [-0.4, -0.2) is 44.3 Å². The van der Waals surface area contributed by atoms with Gasteiger partial charge < -0.3 is 20.4 Å². The normalized spacial score (nSPS) is 9.76. The van der Waals surface area contributed by atoms with E-state index < -0.39 is 29.3 Å². The maximum Gasteiger partial charge on any atom is 0.320 e. The zero-order chi connectivity index (χ0) is 14.2. The monoisotopic (exact) mass is 250 g/mol. The predicted octanol–water partition coefficient (Wildman–Crippen LogP) is 0.118. The van der Waals surface area contributed by atoms with Crippen molar-refractivity contribution in [3.63, 3.8) is 0 Å². The summed E-state index contributed by atoms with van der Waals surface area (Å²) in [6.45, 7) is 2.27. The molecular formula is C9H14O8. The summed E-state index contributed by atoms with van der Waals surface area (Å²) in [5, 5.41) is 32.3. The Kier molecular flexibility index (Phi) is 7.32. The molecule has 0 heterocycles. The number of rotatable bonds is 5. The molecule has 8 nitrogen and oxygen atoms in total. The quantitative estimate of drug-likeness (QED) is 0.502. The topological polar surface area (TPSA) is 149 Å². The van der Waals surface area contributed by atoms with Gasteiger partial charge in [-0.05, 0) is 13.8 Å². The van der Waals surface area contributed by atoms with Gasteiger partial charge in [0.1, 0.15) is 0 Å². The molecule has 0 spiro atoms. The van der Waals surface area contributed by atoms with Crippen LogP contribution >= 0.6 is 0 Å². The Balaban J connectivity index is 0.